The number of hydrogen-bond donors (Lipinski definition) is 1. The topological polar surface area (TPSA) is 38.3 Å². The van der Waals surface area contributed by atoms with Crippen molar-refractivity contribution < 1.29 is 9.53 Å². The normalized spacial score (nSPS) is 28.6. The van der Waals surface area contributed by atoms with Gasteiger partial charge in [-0.3, -0.25) is 4.79 Å². The number of amides is 1. The molecule has 0 radical (unpaired) electrons. The summed E-state index contributed by atoms with van der Waals surface area (Å²) in [6.07, 6.45) is 2.23. The first-order valence-electron chi connectivity index (χ1n) is 7.64. The van der Waals surface area contributed by atoms with Gasteiger partial charge in [-0.1, -0.05) is 35.0 Å². The summed E-state index contributed by atoms with van der Waals surface area (Å²) in [5.74, 6) is 0.236. The zero-order valence-electron chi connectivity index (χ0n) is 12.9. The summed E-state index contributed by atoms with van der Waals surface area (Å²) in [5.41, 5.74) is 2.13. The molecule has 0 bridgehead atoms. The van der Waals surface area contributed by atoms with Gasteiger partial charge in [0.2, 0.25) is 5.91 Å². The van der Waals surface area contributed by atoms with E-state index in [9.17, 15) is 4.79 Å². The van der Waals surface area contributed by atoms with Gasteiger partial charge in [0.05, 0.1) is 18.1 Å². The molecule has 1 aromatic carbocycles. The van der Waals surface area contributed by atoms with Crippen LogP contribution in [0.2, 0.25) is 0 Å². The average molecular weight is 354 g/mol. The highest BCUT2D eigenvalue weighted by Gasteiger charge is 2.41. The summed E-state index contributed by atoms with van der Waals surface area (Å²) in [4.78, 5) is 12.5. The van der Waals surface area contributed by atoms with Gasteiger partial charge in [0, 0.05) is 11.0 Å². The van der Waals surface area contributed by atoms with Crippen LogP contribution in [0.3, 0.4) is 0 Å². The molecule has 0 spiro atoms. The van der Waals surface area contributed by atoms with Crippen molar-refractivity contribution in [1.82, 2.24) is 0 Å². The molecule has 1 aliphatic rings. The summed E-state index contributed by atoms with van der Waals surface area (Å²) < 4.78 is 5.76. The molecule has 0 aromatic heterocycles. The molecule has 1 N–H and O–H groups in total. The van der Waals surface area contributed by atoms with Crippen LogP contribution in [0, 0.1) is 11.8 Å². The first-order valence-corrected chi connectivity index (χ1v) is 8.76. The van der Waals surface area contributed by atoms with E-state index < -0.39 is 0 Å². The van der Waals surface area contributed by atoms with E-state index in [0.29, 0.717) is 0 Å². The fourth-order valence-electron chi connectivity index (χ4n) is 3.02. The van der Waals surface area contributed by atoms with Gasteiger partial charge in [-0.15, -0.1) is 0 Å². The quantitative estimate of drug-likeness (QED) is 0.812. The Morgan fingerprint density at radius 1 is 1.29 bits per heavy atom. The summed E-state index contributed by atoms with van der Waals surface area (Å²) >= 11 is 3.45. The molecule has 4 atom stereocenters. The Morgan fingerprint density at radius 3 is 2.67 bits per heavy atom. The van der Waals surface area contributed by atoms with Crippen molar-refractivity contribution >= 4 is 27.5 Å². The smallest absolute Gasteiger partial charge is 0.230 e. The zero-order valence-corrected chi connectivity index (χ0v) is 14.5. The van der Waals surface area contributed by atoms with Crippen LogP contribution >= 0.6 is 15.9 Å². The van der Waals surface area contributed by atoms with Crippen molar-refractivity contribution in [2.75, 3.05) is 10.6 Å². The third-order valence-corrected chi connectivity index (χ3v) is 4.90. The Bertz CT molecular complexity index is 491. The van der Waals surface area contributed by atoms with E-state index >= 15 is 0 Å². The highest BCUT2D eigenvalue weighted by Crippen LogP contribution is 2.33. The Labute approximate surface area is 135 Å². The number of hydrogen-bond acceptors (Lipinski definition) is 2. The Morgan fingerprint density at radius 2 is 2.05 bits per heavy atom. The summed E-state index contributed by atoms with van der Waals surface area (Å²) in [7, 11) is 0. The van der Waals surface area contributed by atoms with Crippen molar-refractivity contribution in [3.8, 4) is 0 Å². The van der Waals surface area contributed by atoms with Gasteiger partial charge in [0.25, 0.3) is 0 Å². The lowest BCUT2D eigenvalue weighted by Gasteiger charge is -2.18. The maximum absolute atomic E-state index is 12.5. The molecule has 4 heteroatoms. The van der Waals surface area contributed by atoms with Crippen molar-refractivity contribution in [3.05, 3.63) is 29.8 Å². The Balaban J connectivity index is 2.02. The second kappa shape index (κ2) is 7.41. The predicted molar refractivity (Wildman–Crippen MR) is 89.8 cm³/mol. The first-order chi connectivity index (χ1) is 10.0. The SMILES string of the molecule is CC1OC(C)C(C(=O)Nc2cccc(CCCBr)c2)C1C. The zero-order chi connectivity index (χ0) is 15.4. The molecule has 3 nitrogen and oxygen atoms in total. The van der Waals surface area contributed by atoms with E-state index in [1.54, 1.807) is 0 Å². The second-order valence-electron chi connectivity index (χ2n) is 5.91. The van der Waals surface area contributed by atoms with Crippen LogP contribution in [0.15, 0.2) is 24.3 Å². The molecule has 0 saturated carbocycles. The van der Waals surface area contributed by atoms with Crippen LogP contribution in [0.25, 0.3) is 0 Å². The lowest BCUT2D eigenvalue weighted by Crippen LogP contribution is -2.32. The Kier molecular flexibility index (Phi) is 5.82. The van der Waals surface area contributed by atoms with Crippen LogP contribution in [0.5, 0.6) is 0 Å². The number of carbonyl (C=O) groups is 1. The van der Waals surface area contributed by atoms with Crippen molar-refractivity contribution in [3.63, 3.8) is 0 Å². The molecule has 1 amide bonds. The van der Waals surface area contributed by atoms with Gasteiger partial charge in [0.1, 0.15) is 0 Å². The molecule has 1 aromatic rings. The molecule has 1 heterocycles. The largest absolute Gasteiger partial charge is 0.374 e. The lowest BCUT2D eigenvalue weighted by atomic mass is 9.89. The third-order valence-electron chi connectivity index (χ3n) is 4.34. The first kappa shape index (κ1) is 16.5. The fourth-order valence-corrected chi connectivity index (χ4v) is 3.30. The number of anilines is 1. The molecular weight excluding hydrogens is 330 g/mol. The third kappa shape index (κ3) is 4.07. The van der Waals surface area contributed by atoms with E-state index in [4.69, 9.17) is 4.74 Å². The number of aryl methyl sites for hydroxylation is 1. The monoisotopic (exact) mass is 353 g/mol. The molecule has 21 heavy (non-hydrogen) atoms. The van der Waals surface area contributed by atoms with Crippen molar-refractivity contribution in [1.29, 1.82) is 0 Å². The highest BCUT2D eigenvalue weighted by atomic mass is 79.9. The van der Waals surface area contributed by atoms with Gasteiger partial charge in [0.15, 0.2) is 0 Å². The van der Waals surface area contributed by atoms with Crippen LogP contribution in [-0.4, -0.2) is 23.4 Å². The molecular formula is C17H24BrNO2. The second-order valence-corrected chi connectivity index (χ2v) is 6.71. The van der Waals surface area contributed by atoms with Gasteiger partial charge in [-0.05, 0) is 50.3 Å². The van der Waals surface area contributed by atoms with Gasteiger partial charge in [-0.2, -0.15) is 0 Å². The minimum Gasteiger partial charge on any atom is -0.374 e. The van der Waals surface area contributed by atoms with Crippen LogP contribution in [-0.2, 0) is 16.0 Å². The van der Waals surface area contributed by atoms with Crippen LogP contribution in [0.4, 0.5) is 5.69 Å². The number of halogens is 1. The fraction of sp³-hybridized carbons (Fsp3) is 0.588. The highest BCUT2D eigenvalue weighted by molar-refractivity contribution is 9.09. The molecule has 116 valence electrons. The molecule has 1 aliphatic heterocycles. The number of rotatable bonds is 5. The average Bonchev–Trinajstić information content (AvgIpc) is 2.70. The minimum absolute atomic E-state index is 0.0217. The molecule has 1 fully saturated rings. The molecule has 2 rings (SSSR count). The standard InChI is InChI=1S/C17H24BrNO2/c1-11-12(2)21-13(3)16(11)17(20)19-15-8-4-6-14(10-15)7-5-9-18/h4,6,8,10-13,16H,5,7,9H2,1-3H3,(H,19,20). The van der Waals surface area contributed by atoms with E-state index in [0.717, 1.165) is 23.9 Å². The van der Waals surface area contributed by atoms with E-state index in [-0.39, 0.29) is 30.0 Å². The maximum atomic E-state index is 12.5. The van der Waals surface area contributed by atoms with E-state index in [2.05, 4.69) is 40.3 Å². The molecule has 1 saturated heterocycles. The summed E-state index contributed by atoms with van der Waals surface area (Å²) in [5, 5.41) is 4.05. The van der Waals surface area contributed by atoms with Gasteiger partial charge >= 0.3 is 0 Å². The van der Waals surface area contributed by atoms with Gasteiger partial charge in [-0.25, -0.2) is 0 Å². The summed E-state index contributed by atoms with van der Waals surface area (Å²) in [6, 6.07) is 8.11. The molecule has 4 unspecified atom stereocenters. The predicted octanol–water partition coefficient (Wildman–Crippen LogP) is 4.01. The van der Waals surface area contributed by atoms with E-state index in [1.165, 1.54) is 5.56 Å². The maximum Gasteiger partial charge on any atom is 0.230 e. The minimum atomic E-state index is -0.0776. The number of nitrogens with one attached hydrogen (secondary N) is 1. The van der Waals surface area contributed by atoms with E-state index in [1.807, 2.05) is 26.0 Å². The number of alkyl halides is 1. The number of carbonyl (C=O) groups excluding carboxylic acids is 1. The van der Waals surface area contributed by atoms with Crippen molar-refractivity contribution in [2.24, 2.45) is 11.8 Å². The lowest BCUT2D eigenvalue weighted by molar-refractivity contribution is -0.121. The summed E-state index contributed by atoms with van der Waals surface area (Å²) in [6.45, 7) is 6.11. The van der Waals surface area contributed by atoms with Crippen molar-refractivity contribution in [2.45, 2.75) is 45.8 Å². The van der Waals surface area contributed by atoms with Gasteiger partial charge < -0.3 is 10.1 Å². The Hall–Kier alpha value is -0.870. The number of ether oxygens (including phenoxy) is 1. The van der Waals surface area contributed by atoms with Crippen LogP contribution in [0.1, 0.15) is 32.8 Å². The van der Waals surface area contributed by atoms with Crippen LogP contribution < -0.4 is 5.32 Å². The number of benzene rings is 1. The molecule has 0 aliphatic carbocycles.